The monoisotopic (exact) mass is 266 g/mol. The van der Waals surface area contributed by atoms with Crippen LogP contribution in [0.2, 0.25) is 0 Å². The molecule has 0 unspecified atom stereocenters. The first kappa shape index (κ1) is 15.3. The molecule has 0 atom stereocenters. The predicted octanol–water partition coefficient (Wildman–Crippen LogP) is 3.81. The SMILES string of the molecule is CCCCN(C)C1CCC2(CC1)CC(NC(C)C)C2. The second kappa shape index (κ2) is 6.58. The van der Waals surface area contributed by atoms with Crippen molar-refractivity contribution < 1.29 is 0 Å². The maximum atomic E-state index is 3.70. The number of hydrogen-bond acceptors (Lipinski definition) is 2. The summed E-state index contributed by atoms with van der Waals surface area (Å²) in [5.41, 5.74) is 0.731. The van der Waals surface area contributed by atoms with E-state index in [9.17, 15) is 0 Å². The van der Waals surface area contributed by atoms with Crippen LogP contribution in [0.15, 0.2) is 0 Å². The third-order valence-corrected chi connectivity index (χ3v) is 5.43. The maximum Gasteiger partial charge on any atom is 0.00926 e. The van der Waals surface area contributed by atoms with E-state index in [0.29, 0.717) is 6.04 Å². The van der Waals surface area contributed by atoms with E-state index in [1.54, 1.807) is 0 Å². The molecular formula is C17H34N2. The molecule has 1 spiro atoms. The smallest absolute Gasteiger partial charge is 0.00926 e. The van der Waals surface area contributed by atoms with Gasteiger partial charge in [0.25, 0.3) is 0 Å². The minimum Gasteiger partial charge on any atom is -0.312 e. The molecule has 2 rings (SSSR count). The van der Waals surface area contributed by atoms with Gasteiger partial charge in [0.1, 0.15) is 0 Å². The van der Waals surface area contributed by atoms with E-state index in [1.165, 1.54) is 57.9 Å². The molecule has 2 heteroatoms. The molecular weight excluding hydrogens is 232 g/mol. The molecule has 1 N–H and O–H groups in total. The Bertz CT molecular complexity index is 258. The molecule has 0 radical (unpaired) electrons. The van der Waals surface area contributed by atoms with Crippen molar-refractivity contribution in [2.75, 3.05) is 13.6 Å². The zero-order valence-corrected chi connectivity index (χ0v) is 13.5. The third-order valence-electron chi connectivity index (χ3n) is 5.43. The van der Waals surface area contributed by atoms with Gasteiger partial charge in [0.05, 0.1) is 0 Å². The van der Waals surface area contributed by atoms with Gasteiger partial charge in [-0.25, -0.2) is 0 Å². The lowest BCUT2D eigenvalue weighted by Crippen LogP contribution is -2.53. The van der Waals surface area contributed by atoms with Crippen LogP contribution in [0, 0.1) is 5.41 Å². The maximum absolute atomic E-state index is 3.70. The van der Waals surface area contributed by atoms with Gasteiger partial charge in [-0.1, -0.05) is 27.2 Å². The Morgan fingerprint density at radius 3 is 2.37 bits per heavy atom. The molecule has 19 heavy (non-hydrogen) atoms. The van der Waals surface area contributed by atoms with Gasteiger partial charge < -0.3 is 10.2 Å². The summed E-state index contributed by atoms with van der Waals surface area (Å²) in [4.78, 5) is 2.62. The predicted molar refractivity (Wildman–Crippen MR) is 83.5 cm³/mol. The second-order valence-electron chi connectivity index (χ2n) is 7.49. The van der Waals surface area contributed by atoms with Crippen molar-refractivity contribution >= 4 is 0 Å². The molecule has 2 aliphatic carbocycles. The Labute approximate surface area is 120 Å². The summed E-state index contributed by atoms with van der Waals surface area (Å²) in [7, 11) is 2.34. The Morgan fingerprint density at radius 2 is 1.84 bits per heavy atom. The highest BCUT2D eigenvalue weighted by Crippen LogP contribution is 2.52. The number of nitrogens with zero attached hydrogens (tertiary/aromatic N) is 1. The molecule has 0 aromatic carbocycles. The number of nitrogens with one attached hydrogen (secondary N) is 1. The van der Waals surface area contributed by atoms with Gasteiger partial charge in [0, 0.05) is 18.1 Å². The number of rotatable bonds is 6. The average molecular weight is 266 g/mol. The zero-order valence-electron chi connectivity index (χ0n) is 13.5. The van der Waals surface area contributed by atoms with Crippen LogP contribution in [0.1, 0.15) is 72.1 Å². The van der Waals surface area contributed by atoms with Crippen molar-refractivity contribution in [2.45, 2.75) is 90.3 Å². The van der Waals surface area contributed by atoms with Crippen LogP contribution in [0.25, 0.3) is 0 Å². The van der Waals surface area contributed by atoms with Crippen molar-refractivity contribution in [1.29, 1.82) is 0 Å². The molecule has 2 saturated carbocycles. The summed E-state index contributed by atoms with van der Waals surface area (Å²) >= 11 is 0. The van der Waals surface area contributed by atoms with Gasteiger partial charge in [-0.05, 0) is 64.0 Å². The molecule has 2 fully saturated rings. The van der Waals surface area contributed by atoms with Crippen LogP contribution in [-0.4, -0.2) is 36.6 Å². The minimum absolute atomic E-state index is 0.652. The van der Waals surface area contributed by atoms with Crippen LogP contribution in [-0.2, 0) is 0 Å². The molecule has 2 nitrogen and oxygen atoms in total. The highest BCUT2D eigenvalue weighted by Gasteiger charge is 2.46. The van der Waals surface area contributed by atoms with Crippen LogP contribution >= 0.6 is 0 Å². The Morgan fingerprint density at radius 1 is 1.21 bits per heavy atom. The van der Waals surface area contributed by atoms with E-state index in [4.69, 9.17) is 0 Å². The summed E-state index contributed by atoms with van der Waals surface area (Å²) in [5, 5.41) is 3.70. The van der Waals surface area contributed by atoms with E-state index in [1.807, 2.05) is 0 Å². The van der Waals surface area contributed by atoms with Gasteiger partial charge in [-0.3, -0.25) is 0 Å². The van der Waals surface area contributed by atoms with Crippen molar-refractivity contribution in [2.24, 2.45) is 5.41 Å². The van der Waals surface area contributed by atoms with E-state index in [0.717, 1.165) is 17.5 Å². The molecule has 112 valence electrons. The fraction of sp³-hybridized carbons (Fsp3) is 1.00. The van der Waals surface area contributed by atoms with Crippen molar-refractivity contribution in [3.8, 4) is 0 Å². The highest BCUT2D eigenvalue weighted by molar-refractivity contribution is 5.01. The first-order valence-electron chi connectivity index (χ1n) is 8.51. The van der Waals surface area contributed by atoms with Crippen molar-refractivity contribution in [3.05, 3.63) is 0 Å². The molecule has 0 aliphatic heterocycles. The first-order chi connectivity index (χ1) is 9.04. The third kappa shape index (κ3) is 3.95. The number of hydrogen-bond donors (Lipinski definition) is 1. The summed E-state index contributed by atoms with van der Waals surface area (Å²) in [6.45, 7) is 8.13. The lowest BCUT2D eigenvalue weighted by atomic mass is 9.57. The molecule has 0 heterocycles. The molecule has 0 bridgehead atoms. The standard InChI is InChI=1S/C17H34N2/c1-5-6-11-19(4)16-7-9-17(10-8-16)12-15(13-17)18-14(2)3/h14-16,18H,5-13H2,1-4H3. The summed E-state index contributed by atoms with van der Waals surface area (Å²) in [5.74, 6) is 0. The largest absolute Gasteiger partial charge is 0.312 e. The topological polar surface area (TPSA) is 15.3 Å². The normalized spacial score (nSPS) is 35.1. The van der Waals surface area contributed by atoms with Crippen molar-refractivity contribution in [3.63, 3.8) is 0 Å². The molecule has 0 amide bonds. The summed E-state index contributed by atoms with van der Waals surface area (Å²) < 4.78 is 0. The van der Waals surface area contributed by atoms with Gasteiger partial charge >= 0.3 is 0 Å². The molecule has 2 aliphatic rings. The minimum atomic E-state index is 0.652. The summed E-state index contributed by atoms with van der Waals surface area (Å²) in [6.07, 6.45) is 11.4. The average Bonchev–Trinajstić information content (AvgIpc) is 2.34. The van der Waals surface area contributed by atoms with Gasteiger partial charge in [-0.15, -0.1) is 0 Å². The molecule has 0 aromatic rings. The second-order valence-corrected chi connectivity index (χ2v) is 7.49. The van der Waals surface area contributed by atoms with Crippen LogP contribution in [0.5, 0.6) is 0 Å². The van der Waals surface area contributed by atoms with E-state index >= 15 is 0 Å². The lowest BCUT2D eigenvalue weighted by molar-refractivity contribution is 0.00794. The first-order valence-corrected chi connectivity index (χ1v) is 8.51. The Balaban J connectivity index is 1.69. The highest BCUT2D eigenvalue weighted by atomic mass is 15.1. The molecule has 0 aromatic heterocycles. The Hall–Kier alpha value is -0.0800. The van der Waals surface area contributed by atoms with Crippen LogP contribution in [0.3, 0.4) is 0 Å². The number of unbranched alkanes of at least 4 members (excludes halogenated alkanes) is 1. The summed E-state index contributed by atoms with van der Waals surface area (Å²) in [6, 6.07) is 2.34. The quantitative estimate of drug-likeness (QED) is 0.786. The lowest BCUT2D eigenvalue weighted by Gasteiger charge is -2.53. The van der Waals surface area contributed by atoms with E-state index in [-0.39, 0.29) is 0 Å². The van der Waals surface area contributed by atoms with Gasteiger partial charge in [0.15, 0.2) is 0 Å². The zero-order chi connectivity index (χ0) is 13.9. The van der Waals surface area contributed by atoms with Gasteiger partial charge in [0.2, 0.25) is 0 Å². The fourth-order valence-corrected chi connectivity index (χ4v) is 4.23. The van der Waals surface area contributed by atoms with E-state index < -0.39 is 0 Å². The Kier molecular flexibility index (Phi) is 5.30. The van der Waals surface area contributed by atoms with Crippen molar-refractivity contribution in [1.82, 2.24) is 10.2 Å². The van der Waals surface area contributed by atoms with Gasteiger partial charge in [-0.2, -0.15) is 0 Å². The molecule has 0 saturated heterocycles. The van der Waals surface area contributed by atoms with E-state index in [2.05, 4.69) is 38.0 Å². The fourth-order valence-electron chi connectivity index (χ4n) is 4.23. The van der Waals surface area contributed by atoms with Crippen LogP contribution in [0.4, 0.5) is 0 Å². The van der Waals surface area contributed by atoms with Crippen LogP contribution < -0.4 is 5.32 Å².